The normalized spacial score (nSPS) is 17.9. The summed E-state index contributed by atoms with van der Waals surface area (Å²) in [5, 5.41) is 12.7. The quantitative estimate of drug-likeness (QED) is 0.409. The number of carbonyl (C=O) groups excluding carboxylic acids is 1. The molecule has 4 aromatic rings. The Morgan fingerprint density at radius 1 is 0.943 bits per heavy atom. The monoisotopic (exact) mass is 468 g/mol. The van der Waals surface area contributed by atoms with Crippen LogP contribution in [0.15, 0.2) is 54.6 Å². The van der Waals surface area contributed by atoms with Gasteiger partial charge in [-0.15, -0.1) is 0 Å². The van der Waals surface area contributed by atoms with E-state index in [1.165, 1.54) is 5.56 Å². The zero-order valence-electron chi connectivity index (χ0n) is 20.6. The first kappa shape index (κ1) is 23.0. The van der Waals surface area contributed by atoms with Crippen LogP contribution in [0.3, 0.4) is 0 Å². The van der Waals surface area contributed by atoms with Crippen LogP contribution in [-0.2, 0) is 6.42 Å². The van der Waals surface area contributed by atoms with Crippen molar-refractivity contribution in [2.45, 2.75) is 65.0 Å². The van der Waals surface area contributed by atoms with Gasteiger partial charge in [0.05, 0.1) is 16.8 Å². The third kappa shape index (κ3) is 4.90. The SMILES string of the molecule is CCc1nc(NC2CCC(NC(=O)c3ccccc3)CC2)c2c(C)nn(-c3ccc(C)cc3)c2n1. The summed E-state index contributed by atoms with van der Waals surface area (Å²) in [5.74, 6) is 1.67. The van der Waals surface area contributed by atoms with Crippen molar-refractivity contribution in [3.63, 3.8) is 0 Å². The van der Waals surface area contributed by atoms with Gasteiger partial charge in [-0.1, -0.05) is 42.8 Å². The zero-order chi connectivity index (χ0) is 24.4. The Kier molecular flexibility index (Phi) is 6.49. The minimum absolute atomic E-state index is 0.00579. The van der Waals surface area contributed by atoms with E-state index >= 15 is 0 Å². The lowest BCUT2D eigenvalue weighted by atomic mass is 9.91. The second-order valence-electron chi connectivity index (χ2n) is 9.41. The summed E-state index contributed by atoms with van der Waals surface area (Å²) < 4.78 is 1.92. The average Bonchev–Trinajstić information content (AvgIpc) is 3.22. The van der Waals surface area contributed by atoms with E-state index in [4.69, 9.17) is 15.1 Å². The summed E-state index contributed by atoms with van der Waals surface area (Å²) in [6.07, 6.45) is 4.57. The van der Waals surface area contributed by atoms with E-state index in [0.29, 0.717) is 11.6 Å². The highest BCUT2D eigenvalue weighted by atomic mass is 16.1. The van der Waals surface area contributed by atoms with E-state index in [2.05, 4.69) is 48.7 Å². The highest BCUT2D eigenvalue weighted by Crippen LogP contribution is 2.29. The number of benzene rings is 2. The second-order valence-corrected chi connectivity index (χ2v) is 9.41. The van der Waals surface area contributed by atoms with Crippen LogP contribution in [0.25, 0.3) is 16.7 Å². The number of rotatable bonds is 6. The van der Waals surface area contributed by atoms with Crippen molar-refractivity contribution in [1.82, 2.24) is 25.1 Å². The molecule has 1 saturated carbocycles. The maximum atomic E-state index is 12.5. The molecule has 1 aliphatic carbocycles. The van der Waals surface area contributed by atoms with Gasteiger partial charge in [0, 0.05) is 24.1 Å². The minimum atomic E-state index is 0.00579. The third-order valence-electron chi connectivity index (χ3n) is 6.78. The number of nitrogens with one attached hydrogen (secondary N) is 2. The number of amides is 1. The number of fused-ring (bicyclic) bond motifs is 1. The fraction of sp³-hybridized carbons (Fsp3) is 0.357. The molecule has 2 heterocycles. The van der Waals surface area contributed by atoms with Crippen molar-refractivity contribution in [3.8, 4) is 5.69 Å². The molecule has 1 fully saturated rings. The Morgan fingerprint density at radius 3 is 2.31 bits per heavy atom. The predicted octanol–water partition coefficient (Wildman–Crippen LogP) is 5.15. The van der Waals surface area contributed by atoms with Crippen molar-refractivity contribution in [2.75, 3.05) is 5.32 Å². The lowest BCUT2D eigenvalue weighted by Gasteiger charge is -2.30. The van der Waals surface area contributed by atoms with Crippen LogP contribution in [0.5, 0.6) is 0 Å². The van der Waals surface area contributed by atoms with Crippen LogP contribution in [-0.4, -0.2) is 37.7 Å². The van der Waals surface area contributed by atoms with Crippen molar-refractivity contribution >= 4 is 22.8 Å². The molecule has 7 heteroatoms. The van der Waals surface area contributed by atoms with Gasteiger partial charge in [0.2, 0.25) is 0 Å². The number of hydrogen-bond donors (Lipinski definition) is 2. The summed E-state index contributed by atoms with van der Waals surface area (Å²) in [4.78, 5) is 22.2. The van der Waals surface area contributed by atoms with E-state index in [-0.39, 0.29) is 11.9 Å². The standard InChI is InChI=1S/C28H32N6O/c1-4-24-31-26(25-19(3)33-34(27(25)32-24)23-16-10-18(2)11-17-23)29-21-12-14-22(15-13-21)30-28(35)20-8-6-5-7-9-20/h5-11,16-17,21-22H,4,12-15H2,1-3H3,(H,30,35)(H,29,31,32). The van der Waals surface area contributed by atoms with Gasteiger partial charge in [0.1, 0.15) is 11.6 Å². The van der Waals surface area contributed by atoms with E-state index in [0.717, 1.165) is 66.2 Å². The van der Waals surface area contributed by atoms with Gasteiger partial charge >= 0.3 is 0 Å². The van der Waals surface area contributed by atoms with Gasteiger partial charge in [-0.2, -0.15) is 5.10 Å². The molecular weight excluding hydrogens is 436 g/mol. The minimum Gasteiger partial charge on any atom is -0.367 e. The maximum Gasteiger partial charge on any atom is 0.251 e. The van der Waals surface area contributed by atoms with E-state index in [9.17, 15) is 4.79 Å². The van der Waals surface area contributed by atoms with Crippen molar-refractivity contribution in [2.24, 2.45) is 0 Å². The maximum absolute atomic E-state index is 12.5. The Hall–Kier alpha value is -3.74. The van der Waals surface area contributed by atoms with Gasteiger partial charge in [-0.25, -0.2) is 14.6 Å². The Bertz CT molecular complexity index is 1320. The topological polar surface area (TPSA) is 84.7 Å². The number of hydrogen-bond acceptors (Lipinski definition) is 5. The molecule has 2 aromatic heterocycles. The highest BCUT2D eigenvalue weighted by molar-refractivity contribution is 5.94. The molecule has 0 atom stereocenters. The lowest BCUT2D eigenvalue weighted by Crippen LogP contribution is -2.40. The zero-order valence-corrected chi connectivity index (χ0v) is 20.6. The summed E-state index contributed by atoms with van der Waals surface area (Å²) in [5.41, 5.74) is 4.67. The molecular formula is C28H32N6O. The van der Waals surface area contributed by atoms with Crippen LogP contribution in [0.2, 0.25) is 0 Å². The van der Waals surface area contributed by atoms with E-state index in [1.54, 1.807) is 0 Å². The van der Waals surface area contributed by atoms with E-state index < -0.39 is 0 Å². The number of aromatic nitrogens is 4. The van der Waals surface area contributed by atoms with Gasteiger partial charge in [0.25, 0.3) is 5.91 Å². The van der Waals surface area contributed by atoms with Gasteiger partial charge in [-0.3, -0.25) is 4.79 Å². The van der Waals surface area contributed by atoms with Crippen LogP contribution < -0.4 is 10.6 Å². The molecule has 35 heavy (non-hydrogen) atoms. The summed E-state index contributed by atoms with van der Waals surface area (Å²) in [6, 6.07) is 18.3. The second kappa shape index (κ2) is 9.86. The Balaban J connectivity index is 1.33. The molecule has 0 unspecified atom stereocenters. The summed E-state index contributed by atoms with van der Waals surface area (Å²) in [6.45, 7) is 6.17. The summed E-state index contributed by atoms with van der Waals surface area (Å²) >= 11 is 0. The van der Waals surface area contributed by atoms with Crippen LogP contribution in [0.4, 0.5) is 5.82 Å². The molecule has 1 aliphatic rings. The lowest BCUT2D eigenvalue weighted by molar-refractivity contribution is 0.0926. The Morgan fingerprint density at radius 2 is 1.63 bits per heavy atom. The fourth-order valence-electron chi connectivity index (χ4n) is 4.79. The molecule has 7 nitrogen and oxygen atoms in total. The fourth-order valence-corrected chi connectivity index (χ4v) is 4.79. The first-order chi connectivity index (χ1) is 17.0. The molecule has 0 spiro atoms. The highest BCUT2D eigenvalue weighted by Gasteiger charge is 2.25. The first-order valence-corrected chi connectivity index (χ1v) is 12.5. The largest absolute Gasteiger partial charge is 0.367 e. The molecule has 2 aromatic carbocycles. The average molecular weight is 469 g/mol. The number of carbonyl (C=O) groups is 1. The molecule has 180 valence electrons. The van der Waals surface area contributed by atoms with Crippen molar-refractivity contribution in [3.05, 3.63) is 77.2 Å². The van der Waals surface area contributed by atoms with Crippen LogP contribution in [0, 0.1) is 13.8 Å². The molecule has 0 aliphatic heterocycles. The van der Waals surface area contributed by atoms with Crippen molar-refractivity contribution < 1.29 is 4.79 Å². The van der Waals surface area contributed by atoms with E-state index in [1.807, 2.05) is 41.9 Å². The van der Waals surface area contributed by atoms with Crippen LogP contribution in [0.1, 0.15) is 60.0 Å². The number of anilines is 1. The van der Waals surface area contributed by atoms with Gasteiger partial charge in [-0.05, 0) is 63.8 Å². The predicted molar refractivity (Wildman–Crippen MR) is 139 cm³/mol. The molecule has 5 rings (SSSR count). The smallest absolute Gasteiger partial charge is 0.251 e. The number of nitrogens with zero attached hydrogens (tertiary/aromatic N) is 4. The van der Waals surface area contributed by atoms with Gasteiger partial charge < -0.3 is 10.6 Å². The third-order valence-corrected chi connectivity index (χ3v) is 6.78. The van der Waals surface area contributed by atoms with Crippen LogP contribution >= 0.6 is 0 Å². The first-order valence-electron chi connectivity index (χ1n) is 12.5. The molecule has 1 amide bonds. The van der Waals surface area contributed by atoms with Crippen molar-refractivity contribution in [1.29, 1.82) is 0 Å². The molecule has 2 N–H and O–H groups in total. The molecule has 0 bridgehead atoms. The Labute approximate surface area is 206 Å². The van der Waals surface area contributed by atoms with Gasteiger partial charge in [0.15, 0.2) is 5.65 Å². The summed E-state index contributed by atoms with van der Waals surface area (Å²) in [7, 11) is 0. The molecule has 0 radical (unpaired) electrons. The molecule has 0 saturated heterocycles. The number of aryl methyl sites for hydroxylation is 3.